The van der Waals surface area contributed by atoms with Crippen LogP contribution in [-0.4, -0.2) is 25.9 Å². The van der Waals surface area contributed by atoms with E-state index >= 15 is 0 Å². The van der Waals surface area contributed by atoms with E-state index in [1.54, 1.807) is 48.5 Å². The summed E-state index contributed by atoms with van der Waals surface area (Å²) in [6.07, 6.45) is 2.79. The van der Waals surface area contributed by atoms with Crippen molar-refractivity contribution in [3.63, 3.8) is 0 Å². The van der Waals surface area contributed by atoms with Gasteiger partial charge in [0.1, 0.15) is 5.25 Å². The molecule has 2 rings (SSSR count). The van der Waals surface area contributed by atoms with Gasteiger partial charge in [0.25, 0.3) is 20.2 Å². The molecule has 0 aromatic heterocycles. The molecule has 0 fully saturated rings. The Balaban J connectivity index is 0.000000251. The van der Waals surface area contributed by atoms with Crippen LogP contribution in [-0.2, 0) is 20.2 Å². The molecular weight excluding hydrogens is 364 g/mol. The van der Waals surface area contributed by atoms with Crippen molar-refractivity contribution in [1.29, 1.82) is 0 Å². The van der Waals surface area contributed by atoms with Crippen molar-refractivity contribution in [3.8, 4) is 0 Å². The highest BCUT2D eigenvalue weighted by Gasteiger charge is 2.20. The summed E-state index contributed by atoms with van der Waals surface area (Å²) in [6, 6.07) is 14.2. The van der Waals surface area contributed by atoms with Crippen molar-refractivity contribution >= 4 is 26.3 Å². The fourth-order valence-electron chi connectivity index (χ4n) is 1.85. The maximum Gasteiger partial charge on any atom is 0.294 e. The van der Waals surface area contributed by atoms with E-state index in [0.29, 0.717) is 5.56 Å². The van der Waals surface area contributed by atoms with Crippen LogP contribution in [0.25, 0.3) is 6.08 Å². The van der Waals surface area contributed by atoms with Crippen LogP contribution in [0.1, 0.15) is 16.4 Å². The van der Waals surface area contributed by atoms with Gasteiger partial charge in [-0.1, -0.05) is 61.2 Å². The predicted octanol–water partition coefficient (Wildman–Crippen LogP) is 3.38. The molecule has 6 nitrogen and oxygen atoms in total. The zero-order valence-electron chi connectivity index (χ0n) is 13.2. The third kappa shape index (κ3) is 6.63. The Kier molecular flexibility index (Phi) is 7.25. The van der Waals surface area contributed by atoms with E-state index < -0.39 is 25.5 Å². The number of rotatable bonds is 5. The monoisotopic (exact) mass is 382 g/mol. The van der Waals surface area contributed by atoms with Gasteiger partial charge in [0.2, 0.25) is 0 Å². The van der Waals surface area contributed by atoms with Gasteiger partial charge in [-0.15, -0.1) is 6.58 Å². The molecule has 0 amide bonds. The van der Waals surface area contributed by atoms with Crippen LogP contribution in [0.15, 0.2) is 78.7 Å². The Bertz CT molecular complexity index is 915. The van der Waals surface area contributed by atoms with Gasteiger partial charge >= 0.3 is 0 Å². The van der Waals surface area contributed by atoms with Crippen molar-refractivity contribution in [2.75, 3.05) is 0 Å². The third-order valence-corrected chi connectivity index (χ3v) is 5.05. The molecular formula is C17H18O6S2. The molecule has 1 atom stereocenters. The number of hydrogen-bond donors (Lipinski definition) is 2. The van der Waals surface area contributed by atoms with Gasteiger partial charge in [-0.05, 0) is 23.3 Å². The van der Waals surface area contributed by atoms with Crippen molar-refractivity contribution in [2.45, 2.75) is 10.1 Å². The largest absolute Gasteiger partial charge is 0.294 e. The molecule has 0 aliphatic carbocycles. The predicted molar refractivity (Wildman–Crippen MR) is 97.3 cm³/mol. The number of benzene rings is 2. The van der Waals surface area contributed by atoms with Crippen molar-refractivity contribution in [1.82, 2.24) is 0 Å². The van der Waals surface area contributed by atoms with Gasteiger partial charge in [-0.25, -0.2) is 0 Å². The smallest absolute Gasteiger partial charge is 0.285 e. The Morgan fingerprint density at radius 2 is 1.36 bits per heavy atom. The van der Waals surface area contributed by atoms with Crippen molar-refractivity contribution in [2.24, 2.45) is 0 Å². The summed E-state index contributed by atoms with van der Waals surface area (Å²) >= 11 is 0. The van der Waals surface area contributed by atoms with Gasteiger partial charge in [-0.3, -0.25) is 9.11 Å². The fraction of sp³-hybridized carbons (Fsp3) is 0.0588. The second-order valence-electron chi connectivity index (χ2n) is 4.83. The quantitative estimate of drug-likeness (QED) is 0.606. The molecule has 0 heterocycles. The first kappa shape index (κ1) is 20.8. The summed E-state index contributed by atoms with van der Waals surface area (Å²) in [6.45, 7) is 6.88. The minimum absolute atomic E-state index is 0.104. The van der Waals surface area contributed by atoms with Crippen LogP contribution in [0.3, 0.4) is 0 Å². The van der Waals surface area contributed by atoms with Gasteiger partial charge in [-0.2, -0.15) is 16.8 Å². The Morgan fingerprint density at radius 3 is 1.72 bits per heavy atom. The molecule has 2 aromatic rings. The zero-order chi connectivity index (χ0) is 19.1. The summed E-state index contributed by atoms with van der Waals surface area (Å²) in [5.41, 5.74) is 1.32. The molecule has 2 aromatic carbocycles. The van der Waals surface area contributed by atoms with E-state index in [-0.39, 0.29) is 4.90 Å². The van der Waals surface area contributed by atoms with Gasteiger partial charge in [0, 0.05) is 0 Å². The summed E-state index contributed by atoms with van der Waals surface area (Å²) in [5, 5.41) is -1.03. The Morgan fingerprint density at radius 1 is 0.840 bits per heavy atom. The van der Waals surface area contributed by atoms with Crippen LogP contribution >= 0.6 is 0 Å². The highest BCUT2D eigenvalue weighted by Crippen LogP contribution is 2.21. The molecule has 0 aliphatic rings. The topological polar surface area (TPSA) is 109 Å². The highest BCUT2D eigenvalue weighted by molar-refractivity contribution is 7.86. The molecule has 0 saturated carbocycles. The highest BCUT2D eigenvalue weighted by atomic mass is 32.2. The molecule has 0 spiro atoms. The average Bonchev–Trinajstić information content (AvgIpc) is 2.55. The summed E-state index contributed by atoms with van der Waals surface area (Å²) < 4.78 is 60.2. The normalized spacial score (nSPS) is 12.4. The first-order valence-corrected chi connectivity index (χ1v) is 9.87. The third-order valence-electron chi connectivity index (χ3n) is 3.08. The molecule has 0 saturated heterocycles. The summed E-state index contributed by atoms with van der Waals surface area (Å²) in [7, 11) is -8.15. The van der Waals surface area contributed by atoms with Crippen LogP contribution in [0, 0.1) is 0 Å². The van der Waals surface area contributed by atoms with E-state index in [1.165, 1.54) is 18.2 Å². The Hall–Kier alpha value is -2.26. The van der Waals surface area contributed by atoms with Gasteiger partial charge < -0.3 is 0 Å². The number of hydrogen-bond acceptors (Lipinski definition) is 4. The second-order valence-corrected chi connectivity index (χ2v) is 7.79. The lowest BCUT2D eigenvalue weighted by Gasteiger charge is -2.08. The van der Waals surface area contributed by atoms with Gasteiger partial charge in [0.15, 0.2) is 0 Å². The van der Waals surface area contributed by atoms with Crippen molar-refractivity contribution in [3.05, 3.63) is 85.0 Å². The second kappa shape index (κ2) is 8.72. The maximum atomic E-state index is 10.8. The SMILES string of the molecule is C=CC(c1ccccc1)S(=O)(=O)O.C=Cc1ccc(S(=O)(=O)O)cc1. The minimum atomic E-state index is -4.09. The first-order valence-electron chi connectivity index (χ1n) is 6.93. The van der Waals surface area contributed by atoms with E-state index in [4.69, 9.17) is 9.11 Å². The fourth-order valence-corrected chi connectivity index (χ4v) is 3.07. The summed E-state index contributed by atoms with van der Waals surface area (Å²) in [4.78, 5) is -0.104. The Labute approximate surface area is 147 Å². The lowest BCUT2D eigenvalue weighted by molar-refractivity contribution is 0.476. The lowest BCUT2D eigenvalue weighted by Crippen LogP contribution is -2.09. The molecule has 25 heavy (non-hydrogen) atoms. The lowest BCUT2D eigenvalue weighted by atomic mass is 10.1. The standard InChI is InChI=1S/C9H10O3S.C8H8O3S/c1-2-9(13(10,11)12)8-6-4-3-5-7-8;1-2-7-3-5-8(6-4-7)12(9,10)11/h2-7,9H,1H2,(H,10,11,12);2-6H,1H2,(H,9,10,11). The maximum absolute atomic E-state index is 10.8. The molecule has 134 valence electrons. The molecule has 1 unspecified atom stereocenters. The first-order chi connectivity index (χ1) is 11.6. The van der Waals surface area contributed by atoms with E-state index in [2.05, 4.69) is 13.2 Å². The molecule has 0 radical (unpaired) electrons. The van der Waals surface area contributed by atoms with Crippen LogP contribution in [0.5, 0.6) is 0 Å². The van der Waals surface area contributed by atoms with E-state index in [0.717, 1.165) is 5.56 Å². The van der Waals surface area contributed by atoms with E-state index in [9.17, 15) is 16.8 Å². The van der Waals surface area contributed by atoms with Crippen molar-refractivity contribution < 1.29 is 25.9 Å². The average molecular weight is 382 g/mol. The zero-order valence-corrected chi connectivity index (χ0v) is 14.8. The molecule has 8 heteroatoms. The van der Waals surface area contributed by atoms with Crippen LogP contribution < -0.4 is 0 Å². The van der Waals surface area contributed by atoms with E-state index in [1.807, 2.05) is 0 Å². The van der Waals surface area contributed by atoms with Crippen LogP contribution in [0.4, 0.5) is 0 Å². The molecule has 0 bridgehead atoms. The van der Waals surface area contributed by atoms with Gasteiger partial charge in [0.05, 0.1) is 4.90 Å². The minimum Gasteiger partial charge on any atom is -0.285 e. The van der Waals surface area contributed by atoms with Crippen LogP contribution in [0.2, 0.25) is 0 Å². The molecule has 0 aliphatic heterocycles. The molecule has 2 N–H and O–H groups in total. The summed E-state index contributed by atoms with van der Waals surface area (Å²) in [5.74, 6) is 0.